The van der Waals surface area contributed by atoms with Gasteiger partial charge >= 0.3 is 0 Å². The van der Waals surface area contributed by atoms with E-state index in [1.807, 2.05) is 12.1 Å². The van der Waals surface area contributed by atoms with Crippen LogP contribution < -0.4 is 20.3 Å². The van der Waals surface area contributed by atoms with Crippen LogP contribution in [-0.4, -0.2) is 28.0 Å². The van der Waals surface area contributed by atoms with Crippen molar-refractivity contribution in [3.8, 4) is 11.5 Å². The Bertz CT molecular complexity index is 1480. The first-order valence-electron chi connectivity index (χ1n) is 10.2. The van der Waals surface area contributed by atoms with E-state index >= 15 is 0 Å². The summed E-state index contributed by atoms with van der Waals surface area (Å²) in [4.78, 5) is 30.4. The zero-order valence-electron chi connectivity index (χ0n) is 17.6. The van der Waals surface area contributed by atoms with E-state index in [1.54, 1.807) is 30.3 Å². The number of carbonyl (C=O) groups is 1. The maximum absolute atomic E-state index is 14.0. The van der Waals surface area contributed by atoms with Crippen LogP contribution in [0.3, 0.4) is 0 Å². The lowest BCUT2D eigenvalue weighted by molar-refractivity contribution is -0.113. The Morgan fingerprint density at radius 2 is 1.94 bits per heavy atom. The highest BCUT2D eigenvalue weighted by Crippen LogP contribution is 2.33. The van der Waals surface area contributed by atoms with Gasteiger partial charge in [0.05, 0.1) is 28.9 Å². The summed E-state index contributed by atoms with van der Waals surface area (Å²) in [5.41, 5.74) is 1.15. The molecule has 7 nitrogen and oxygen atoms in total. The smallest absolute Gasteiger partial charge is 0.262 e. The zero-order valence-corrected chi connectivity index (χ0v) is 19.2. The van der Waals surface area contributed by atoms with E-state index in [4.69, 9.17) is 21.1 Å². The van der Waals surface area contributed by atoms with Gasteiger partial charge in [-0.05, 0) is 48.0 Å². The van der Waals surface area contributed by atoms with Crippen LogP contribution in [0.4, 0.5) is 10.1 Å². The van der Waals surface area contributed by atoms with E-state index in [9.17, 15) is 14.0 Å². The van der Waals surface area contributed by atoms with Crippen LogP contribution in [0.1, 0.15) is 5.56 Å². The molecule has 0 saturated carbocycles. The van der Waals surface area contributed by atoms with E-state index in [1.165, 1.54) is 16.7 Å². The lowest BCUT2D eigenvalue weighted by atomic mass is 10.2. The largest absolute Gasteiger partial charge is 0.454 e. The van der Waals surface area contributed by atoms with E-state index in [0.29, 0.717) is 27.6 Å². The molecule has 1 amide bonds. The fourth-order valence-electron chi connectivity index (χ4n) is 3.53. The van der Waals surface area contributed by atoms with Gasteiger partial charge in [0.2, 0.25) is 12.7 Å². The summed E-state index contributed by atoms with van der Waals surface area (Å²) < 4.78 is 26.3. The van der Waals surface area contributed by atoms with E-state index in [-0.39, 0.29) is 35.4 Å². The topological polar surface area (TPSA) is 82.5 Å². The van der Waals surface area contributed by atoms with Crippen molar-refractivity contribution < 1.29 is 18.7 Å². The fraction of sp³-hybridized carbons (Fsp3) is 0.125. The van der Waals surface area contributed by atoms with Crippen molar-refractivity contribution >= 4 is 45.9 Å². The molecule has 2 heterocycles. The molecule has 1 N–H and O–H groups in total. The fourth-order valence-corrected chi connectivity index (χ4v) is 4.48. The number of nitrogens with zero attached hydrogens (tertiary/aromatic N) is 2. The maximum Gasteiger partial charge on any atom is 0.262 e. The average Bonchev–Trinajstić information content (AvgIpc) is 3.30. The number of aromatic nitrogens is 2. The highest BCUT2D eigenvalue weighted by Gasteiger charge is 2.17. The second kappa shape index (κ2) is 9.36. The molecular weight excluding hydrogens is 481 g/mol. The van der Waals surface area contributed by atoms with Crippen molar-refractivity contribution in [1.29, 1.82) is 0 Å². The normalized spacial score (nSPS) is 12.2. The molecule has 0 fully saturated rings. The Balaban J connectivity index is 1.42. The van der Waals surface area contributed by atoms with Gasteiger partial charge in [0.25, 0.3) is 5.56 Å². The highest BCUT2D eigenvalue weighted by molar-refractivity contribution is 7.99. The Labute approximate surface area is 202 Å². The number of rotatable bonds is 6. The van der Waals surface area contributed by atoms with Crippen LogP contribution in [0.15, 0.2) is 70.6 Å². The first-order chi connectivity index (χ1) is 16.5. The van der Waals surface area contributed by atoms with Crippen LogP contribution in [0.25, 0.3) is 10.9 Å². The Hall–Kier alpha value is -3.56. The number of nitrogens with one attached hydrogen (secondary N) is 1. The van der Waals surface area contributed by atoms with Crippen LogP contribution in [-0.2, 0) is 11.3 Å². The average molecular weight is 498 g/mol. The van der Waals surface area contributed by atoms with E-state index in [0.717, 1.165) is 23.4 Å². The van der Waals surface area contributed by atoms with Crippen LogP contribution in [0.2, 0.25) is 5.02 Å². The van der Waals surface area contributed by atoms with Gasteiger partial charge in [-0.3, -0.25) is 14.2 Å². The van der Waals surface area contributed by atoms with Crippen LogP contribution in [0.5, 0.6) is 11.5 Å². The molecular formula is C24H17ClFN3O4S. The molecule has 0 atom stereocenters. The number of amides is 1. The second-order valence-corrected chi connectivity index (χ2v) is 8.83. The second-order valence-electron chi connectivity index (χ2n) is 7.45. The summed E-state index contributed by atoms with van der Waals surface area (Å²) >= 11 is 6.85. The van der Waals surface area contributed by atoms with Gasteiger partial charge in [0.1, 0.15) is 5.82 Å². The molecule has 0 radical (unpaired) electrons. The van der Waals surface area contributed by atoms with E-state index < -0.39 is 11.7 Å². The summed E-state index contributed by atoms with van der Waals surface area (Å²) in [6.07, 6.45) is 0. The van der Waals surface area contributed by atoms with E-state index in [2.05, 4.69) is 10.3 Å². The van der Waals surface area contributed by atoms with Crippen molar-refractivity contribution in [1.82, 2.24) is 9.55 Å². The number of ether oxygens (including phenoxy) is 2. The zero-order chi connectivity index (χ0) is 23.7. The standard InChI is InChI=1S/C24H17ClFN3O4S/c25-15-6-7-19(17(26)10-15)27-22(30)12-34-24-28-18-4-2-1-3-16(18)23(31)29(24)11-14-5-8-20-21(9-14)33-13-32-20/h1-10H,11-13H2,(H,27,30). The SMILES string of the molecule is O=C(CSc1nc2ccccc2c(=O)n1Cc1ccc2c(c1)OCO2)Nc1ccc(Cl)cc1F. The summed E-state index contributed by atoms with van der Waals surface area (Å²) in [5.74, 6) is 0.109. The predicted octanol–water partition coefficient (Wildman–Crippen LogP) is 4.70. The molecule has 1 aliphatic rings. The number of anilines is 1. The third kappa shape index (κ3) is 4.57. The summed E-state index contributed by atoms with van der Waals surface area (Å²) in [6.45, 7) is 0.379. The van der Waals surface area contributed by atoms with Gasteiger partial charge in [-0.2, -0.15) is 0 Å². The lowest BCUT2D eigenvalue weighted by Gasteiger charge is -2.14. The van der Waals surface area contributed by atoms with Crippen LogP contribution in [0, 0.1) is 5.82 Å². The van der Waals surface area contributed by atoms with Crippen molar-refractivity contribution in [2.45, 2.75) is 11.7 Å². The molecule has 5 rings (SSSR count). The first-order valence-corrected chi connectivity index (χ1v) is 11.6. The van der Waals surface area contributed by atoms with Crippen molar-refractivity contribution in [2.75, 3.05) is 17.9 Å². The lowest BCUT2D eigenvalue weighted by Crippen LogP contribution is -2.25. The summed E-state index contributed by atoms with van der Waals surface area (Å²) in [5, 5.41) is 3.59. The summed E-state index contributed by atoms with van der Waals surface area (Å²) in [6, 6.07) is 16.5. The maximum atomic E-state index is 14.0. The Kier molecular flexibility index (Phi) is 6.12. The minimum atomic E-state index is -0.630. The van der Waals surface area contributed by atoms with Gasteiger partial charge in [0.15, 0.2) is 16.7 Å². The van der Waals surface area contributed by atoms with Gasteiger partial charge in [-0.25, -0.2) is 9.37 Å². The third-order valence-electron chi connectivity index (χ3n) is 5.14. The van der Waals surface area contributed by atoms with Gasteiger partial charge in [-0.15, -0.1) is 0 Å². The molecule has 1 aliphatic heterocycles. The van der Waals surface area contributed by atoms with Crippen molar-refractivity contribution in [2.24, 2.45) is 0 Å². The molecule has 0 spiro atoms. The van der Waals surface area contributed by atoms with Gasteiger partial charge in [-0.1, -0.05) is 41.6 Å². The van der Waals surface area contributed by atoms with Crippen molar-refractivity contribution in [3.63, 3.8) is 0 Å². The monoisotopic (exact) mass is 497 g/mol. The molecule has 4 aromatic rings. The quantitative estimate of drug-likeness (QED) is 0.307. The Morgan fingerprint density at radius 1 is 1.12 bits per heavy atom. The number of hydrogen-bond acceptors (Lipinski definition) is 6. The van der Waals surface area contributed by atoms with Gasteiger partial charge < -0.3 is 14.8 Å². The Morgan fingerprint density at radius 3 is 2.79 bits per heavy atom. The minimum Gasteiger partial charge on any atom is -0.454 e. The molecule has 172 valence electrons. The molecule has 0 aliphatic carbocycles. The number of para-hydroxylation sites is 1. The number of thioether (sulfide) groups is 1. The minimum absolute atomic E-state index is 0.0271. The molecule has 1 aromatic heterocycles. The number of halogens is 2. The molecule has 34 heavy (non-hydrogen) atoms. The first kappa shape index (κ1) is 22.2. The van der Waals surface area contributed by atoms with Crippen molar-refractivity contribution in [3.05, 3.63) is 87.4 Å². The van der Waals surface area contributed by atoms with Crippen LogP contribution >= 0.6 is 23.4 Å². The predicted molar refractivity (Wildman–Crippen MR) is 128 cm³/mol. The highest BCUT2D eigenvalue weighted by atomic mass is 35.5. The van der Waals surface area contributed by atoms with Gasteiger partial charge in [0, 0.05) is 5.02 Å². The molecule has 0 unspecified atom stereocenters. The number of fused-ring (bicyclic) bond motifs is 2. The molecule has 0 saturated heterocycles. The molecule has 3 aromatic carbocycles. The number of benzene rings is 3. The molecule has 10 heteroatoms. The summed E-state index contributed by atoms with van der Waals surface area (Å²) in [7, 11) is 0. The number of carbonyl (C=O) groups excluding carboxylic acids is 1. The number of hydrogen-bond donors (Lipinski definition) is 1. The third-order valence-corrected chi connectivity index (χ3v) is 6.35. The molecule has 0 bridgehead atoms.